The fourth-order valence-corrected chi connectivity index (χ4v) is 3.13. The maximum Gasteiger partial charge on any atom is 0.120 e. The van der Waals surface area contributed by atoms with Gasteiger partial charge in [-0.1, -0.05) is 36.4 Å². The number of rotatable bonds is 1. The number of hydrogen-bond acceptors (Lipinski definition) is 2. The van der Waals surface area contributed by atoms with Gasteiger partial charge in [0.05, 0.1) is 22.7 Å². The zero-order chi connectivity index (χ0) is 11.9. The van der Waals surface area contributed by atoms with Crippen molar-refractivity contribution in [2.75, 3.05) is 0 Å². The Balaban J connectivity index is 2.28. The molecule has 2 nitrogen and oxygen atoms in total. The van der Waals surface area contributed by atoms with E-state index >= 15 is 0 Å². The van der Waals surface area contributed by atoms with Gasteiger partial charge >= 0.3 is 0 Å². The van der Waals surface area contributed by atoms with Crippen molar-refractivity contribution in [3.05, 3.63) is 60.2 Å². The van der Waals surface area contributed by atoms with Crippen LogP contribution in [0.1, 0.15) is 0 Å². The Hall–Kier alpha value is -2.13. The molecule has 0 bridgehead atoms. The first-order valence-corrected chi connectivity index (χ1v) is 6.70. The molecule has 86 valence electrons. The van der Waals surface area contributed by atoms with Crippen LogP contribution in [0.3, 0.4) is 0 Å². The highest BCUT2D eigenvalue weighted by molar-refractivity contribution is 7.12. The fourth-order valence-electron chi connectivity index (χ4n) is 2.48. The molecule has 0 radical (unpaired) electrons. The van der Waals surface area contributed by atoms with Crippen LogP contribution in [0.25, 0.3) is 26.8 Å². The van der Waals surface area contributed by atoms with Gasteiger partial charge in [-0.2, -0.15) is 0 Å². The fraction of sp³-hybridized carbons (Fsp3) is 0. The number of fused-ring (bicyclic) bond motifs is 3. The van der Waals surface area contributed by atoms with Gasteiger partial charge in [0, 0.05) is 10.8 Å². The summed E-state index contributed by atoms with van der Waals surface area (Å²) in [5.74, 6) is 0. The van der Waals surface area contributed by atoms with Crippen molar-refractivity contribution < 1.29 is 0 Å². The predicted molar refractivity (Wildman–Crippen MR) is 76.5 cm³/mol. The summed E-state index contributed by atoms with van der Waals surface area (Å²) in [4.78, 5) is 4.19. The van der Waals surface area contributed by atoms with E-state index in [9.17, 15) is 0 Å². The smallest absolute Gasteiger partial charge is 0.120 e. The average molecular weight is 250 g/mol. The summed E-state index contributed by atoms with van der Waals surface area (Å²) in [6.45, 7) is 0. The maximum absolute atomic E-state index is 4.19. The quantitative estimate of drug-likeness (QED) is 0.494. The number of benzene rings is 2. The van der Waals surface area contributed by atoms with Crippen molar-refractivity contribution in [3.8, 4) is 5.00 Å². The second kappa shape index (κ2) is 3.68. The molecule has 0 atom stereocenters. The van der Waals surface area contributed by atoms with Crippen molar-refractivity contribution in [2.45, 2.75) is 0 Å². The standard InChI is InChI=1S/C15H10N2S/c1-3-7-13-11(5-1)12-6-2-4-8-14(12)17(13)15-9-16-10-18-15/h1-10H. The summed E-state index contributed by atoms with van der Waals surface area (Å²) in [6.07, 6.45) is 1.92. The molecule has 2 heterocycles. The van der Waals surface area contributed by atoms with Gasteiger partial charge in [0.15, 0.2) is 0 Å². The summed E-state index contributed by atoms with van der Waals surface area (Å²) in [6, 6.07) is 17.0. The Morgan fingerprint density at radius 2 is 1.44 bits per heavy atom. The Kier molecular flexibility index (Phi) is 2.02. The molecule has 0 saturated heterocycles. The molecule has 3 heteroatoms. The van der Waals surface area contributed by atoms with Crippen LogP contribution in [-0.4, -0.2) is 9.55 Å². The van der Waals surface area contributed by atoms with Crippen molar-refractivity contribution in [1.82, 2.24) is 9.55 Å². The first-order valence-electron chi connectivity index (χ1n) is 5.82. The normalized spacial score (nSPS) is 11.3. The van der Waals surface area contributed by atoms with E-state index in [2.05, 4.69) is 58.1 Å². The monoisotopic (exact) mass is 250 g/mol. The highest BCUT2D eigenvalue weighted by Gasteiger charge is 2.11. The van der Waals surface area contributed by atoms with Crippen LogP contribution in [0.2, 0.25) is 0 Å². The Labute approximate surface area is 108 Å². The maximum atomic E-state index is 4.19. The van der Waals surface area contributed by atoms with Crippen molar-refractivity contribution in [2.24, 2.45) is 0 Å². The molecule has 0 unspecified atom stereocenters. The molecule has 2 aromatic heterocycles. The molecule has 2 aromatic carbocycles. The lowest BCUT2D eigenvalue weighted by atomic mass is 10.2. The van der Waals surface area contributed by atoms with Crippen molar-refractivity contribution in [1.29, 1.82) is 0 Å². The molecule has 0 aliphatic heterocycles. The molecule has 0 fully saturated rings. The molecule has 4 aromatic rings. The largest absolute Gasteiger partial charge is 0.299 e. The number of hydrogen-bond donors (Lipinski definition) is 0. The Bertz CT molecular complexity index is 775. The van der Waals surface area contributed by atoms with E-state index < -0.39 is 0 Å². The molecule has 0 aliphatic rings. The van der Waals surface area contributed by atoms with Gasteiger partial charge in [0.2, 0.25) is 0 Å². The Morgan fingerprint density at radius 1 is 0.833 bits per heavy atom. The van der Waals surface area contributed by atoms with Gasteiger partial charge < -0.3 is 0 Å². The summed E-state index contributed by atoms with van der Waals surface area (Å²) < 4.78 is 2.28. The number of aromatic nitrogens is 2. The lowest BCUT2D eigenvalue weighted by molar-refractivity contribution is 1.20. The van der Waals surface area contributed by atoms with Gasteiger partial charge in [-0.3, -0.25) is 9.55 Å². The van der Waals surface area contributed by atoms with E-state index in [1.807, 2.05) is 11.7 Å². The second-order valence-corrected chi connectivity index (χ2v) is 5.07. The van der Waals surface area contributed by atoms with Crippen LogP contribution in [0.15, 0.2) is 60.2 Å². The van der Waals surface area contributed by atoms with Gasteiger partial charge in [-0.25, -0.2) is 0 Å². The molecular weight excluding hydrogens is 240 g/mol. The van der Waals surface area contributed by atoms with Gasteiger partial charge in [-0.15, -0.1) is 11.3 Å². The van der Waals surface area contributed by atoms with Crippen LogP contribution in [-0.2, 0) is 0 Å². The molecule has 4 rings (SSSR count). The molecule has 0 saturated carbocycles. The van der Waals surface area contributed by atoms with Crippen molar-refractivity contribution >= 4 is 33.1 Å². The third kappa shape index (κ3) is 1.25. The summed E-state index contributed by atoms with van der Waals surface area (Å²) >= 11 is 1.66. The van der Waals surface area contributed by atoms with E-state index in [-0.39, 0.29) is 0 Å². The van der Waals surface area contributed by atoms with Crippen molar-refractivity contribution in [3.63, 3.8) is 0 Å². The van der Waals surface area contributed by atoms with E-state index in [0.29, 0.717) is 0 Å². The first-order chi connectivity index (χ1) is 8.95. The summed E-state index contributed by atoms with van der Waals surface area (Å²) in [7, 11) is 0. The minimum atomic E-state index is 1.16. The minimum absolute atomic E-state index is 1.16. The zero-order valence-electron chi connectivity index (χ0n) is 9.58. The summed E-state index contributed by atoms with van der Waals surface area (Å²) in [5, 5.41) is 3.75. The number of thiazole rings is 1. The van der Waals surface area contributed by atoms with E-state index in [1.165, 1.54) is 21.8 Å². The number of para-hydroxylation sites is 2. The zero-order valence-corrected chi connectivity index (χ0v) is 10.4. The molecule has 0 aliphatic carbocycles. The Morgan fingerprint density at radius 3 is 2.00 bits per heavy atom. The first kappa shape index (κ1) is 9.85. The van der Waals surface area contributed by atoms with Gasteiger partial charge in [0.1, 0.15) is 5.00 Å². The third-order valence-corrected chi connectivity index (χ3v) is 3.98. The lowest BCUT2D eigenvalue weighted by Gasteiger charge is -2.02. The summed E-state index contributed by atoms with van der Waals surface area (Å²) in [5.41, 5.74) is 4.35. The average Bonchev–Trinajstić information content (AvgIpc) is 3.03. The van der Waals surface area contributed by atoms with Crippen LogP contribution in [0.5, 0.6) is 0 Å². The van der Waals surface area contributed by atoms with E-state index in [1.54, 1.807) is 11.3 Å². The van der Waals surface area contributed by atoms with Gasteiger partial charge in [0.25, 0.3) is 0 Å². The molecule has 18 heavy (non-hydrogen) atoms. The van der Waals surface area contributed by atoms with Crippen LogP contribution in [0, 0.1) is 0 Å². The topological polar surface area (TPSA) is 17.8 Å². The molecule has 0 N–H and O–H groups in total. The van der Waals surface area contributed by atoms with E-state index in [0.717, 1.165) is 5.00 Å². The molecule has 0 amide bonds. The van der Waals surface area contributed by atoms with E-state index in [4.69, 9.17) is 0 Å². The molecular formula is C15H10N2S. The predicted octanol–water partition coefficient (Wildman–Crippen LogP) is 4.24. The second-order valence-electron chi connectivity index (χ2n) is 4.21. The minimum Gasteiger partial charge on any atom is -0.299 e. The molecule has 0 spiro atoms. The van der Waals surface area contributed by atoms with Crippen LogP contribution in [0.4, 0.5) is 0 Å². The SMILES string of the molecule is c1ccc2c(c1)c1ccccc1n2-c1cncs1. The van der Waals surface area contributed by atoms with Gasteiger partial charge in [-0.05, 0) is 12.1 Å². The highest BCUT2D eigenvalue weighted by Crippen LogP contribution is 2.32. The highest BCUT2D eigenvalue weighted by atomic mass is 32.1. The third-order valence-electron chi connectivity index (χ3n) is 3.22. The van der Waals surface area contributed by atoms with Crippen LogP contribution >= 0.6 is 11.3 Å². The lowest BCUT2D eigenvalue weighted by Crippen LogP contribution is -1.89. The van der Waals surface area contributed by atoms with Crippen LogP contribution < -0.4 is 0 Å². The number of nitrogens with zero attached hydrogens (tertiary/aromatic N) is 2.